The van der Waals surface area contributed by atoms with Gasteiger partial charge in [0.2, 0.25) is 0 Å². The number of alkyl carbamates (subject to hydrolysis) is 1. The Bertz CT molecular complexity index is 483. The second kappa shape index (κ2) is 9.64. The van der Waals surface area contributed by atoms with Crippen molar-refractivity contribution in [1.29, 1.82) is 0 Å². The van der Waals surface area contributed by atoms with Crippen LogP contribution in [-0.2, 0) is 11.2 Å². The van der Waals surface area contributed by atoms with E-state index in [1.165, 1.54) is 0 Å². The molecule has 1 unspecified atom stereocenters. The molecule has 0 saturated carbocycles. The van der Waals surface area contributed by atoms with Gasteiger partial charge in [0.05, 0.1) is 12.1 Å². The minimum Gasteiger partial charge on any atom is -0.444 e. The molecule has 5 nitrogen and oxygen atoms in total. The first-order valence-electron chi connectivity index (χ1n) is 8.59. The number of ether oxygens (including phenoxy) is 1. The van der Waals surface area contributed by atoms with Gasteiger partial charge in [-0.3, -0.25) is 0 Å². The molecule has 0 fully saturated rings. The SMILES string of the molecule is CC(C)CNC[C@@H](O)C(Cc1ccccc1)NC(=O)OC(C)(C)C. The maximum atomic E-state index is 12.1. The Morgan fingerprint density at radius 3 is 2.33 bits per heavy atom. The standard InChI is InChI=1S/C19H32N2O3/c1-14(2)12-20-13-17(22)16(11-15-9-7-6-8-10-15)21-18(23)24-19(3,4)5/h6-10,14,16-17,20,22H,11-13H2,1-5H3,(H,21,23)/t16?,17-/m1/s1. The predicted molar refractivity (Wildman–Crippen MR) is 97.0 cm³/mol. The number of hydrogen-bond acceptors (Lipinski definition) is 4. The summed E-state index contributed by atoms with van der Waals surface area (Å²) in [6.07, 6.45) is -0.659. The first kappa shape index (κ1) is 20.5. The summed E-state index contributed by atoms with van der Waals surface area (Å²) in [5.74, 6) is 0.503. The fourth-order valence-electron chi connectivity index (χ4n) is 2.27. The van der Waals surface area contributed by atoms with Gasteiger partial charge in [-0.1, -0.05) is 44.2 Å². The van der Waals surface area contributed by atoms with Crippen LogP contribution in [0.15, 0.2) is 30.3 Å². The van der Waals surface area contributed by atoms with Crippen LogP contribution in [0.3, 0.4) is 0 Å². The summed E-state index contributed by atoms with van der Waals surface area (Å²) in [5, 5.41) is 16.5. The van der Waals surface area contributed by atoms with Crippen LogP contribution >= 0.6 is 0 Å². The van der Waals surface area contributed by atoms with Crippen molar-refractivity contribution in [2.75, 3.05) is 13.1 Å². The van der Waals surface area contributed by atoms with E-state index in [0.29, 0.717) is 18.9 Å². The Labute approximate surface area is 145 Å². The number of amides is 1. The maximum Gasteiger partial charge on any atom is 0.407 e. The largest absolute Gasteiger partial charge is 0.444 e. The smallest absolute Gasteiger partial charge is 0.407 e. The Morgan fingerprint density at radius 1 is 1.17 bits per heavy atom. The van der Waals surface area contributed by atoms with Crippen molar-refractivity contribution >= 4 is 6.09 Å². The van der Waals surface area contributed by atoms with Crippen LogP contribution in [0, 0.1) is 5.92 Å². The second-order valence-electron chi connectivity index (χ2n) is 7.56. The zero-order chi connectivity index (χ0) is 18.2. The lowest BCUT2D eigenvalue weighted by Gasteiger charge is -2.27. The topological polar surface area (TPSA) is 70.6 Å². The molecule has 5 heteroatoms. The van der Waals surface area contributed by atoms with Crippen LogP contribution in [0.25, 0.3) is 0 Å². The molecule has 1 rings (SSSR count). The van der Waals surface area contributed by atoms with Gasteiger partial charge >= 0.3 is 6.09 Å². The van der Waals surface area contributed by atoms with Crippen LogP contribution in [-0.4, -0.2) is 42.0 Å². The first-order chi connectivity index (χ1) is 11.2. The molecule has 1 aromatic carbocycles. The van der Waals surface area contributed by atoms with Crippen molar-refractivity contribution in [3.63, 3.8) is 0 Å². The van der Waals surface area contributed by atoms with Crippen molar-refractivity contribution in [3.05, 3.63) is 35.9 Å². The van der Waals surface area contributed by atoms with Crippen LogP contribution < -0.4 is 10.6 Å². The molecule has 0 aliphatic carbocycles. The van der Waals surface area contributed by atoms with Crippen molar-refractivity contribution in [2.45, 2.75) is 58.8 Å². The normalized spacial score (nSPS) is 14.3. The van der Waals surface area contributed by atoms with Crippen molar-refractivity contribution in [3.8, 4) is 0 Å². The molecule has 3 N–H and O–H groups in total. The predicted octanol–water partition coefficient (Wildman–Crippen LogP) is 2.73. The van der Waals surface area contributed by atoms with E-state index < -0.39 is 23.8 Å². The molecule has 136 valence electrons. The quantitative estimate of drug-likeness (QED) is 0.683. The fraction of sp³-hybridized carbons (Fsp3) is 0.632. The van der Waals surface area contributed by atoms with E-state index in [-0.39, 0.29) is 0 Å². The van der Waals surface area contributed by atoms with Gasteiger partial charge in [-0.05, 0) is 45.2 Å². The molecular formula is C19H32N2O3. The summed E-state index contributed by atoms with van der Waals surface area (Å²) >= 11 is 0. The number of aliphatic hydroxyl groups excluding tert-OH is 1. The molecule has 0 saturated heterocycles. The Morgan fingerprint density at radius 2 is 1.79 bits per heavy atom. The van der Waals surface area contributed by atoms with Crippen LogP contribution in [0.5, 0.6) is 0 Å². The summed E-state index contributed by atoms with van der Waals surface area (Å²) in [6.45, 7) is 10.9. The van der Waals surface area contributed by atoms with E-state index in [2.05, 4.69) is 24.5 Å². The first-order valence-corrected chi connectivity index (χ1v) is 8.59. The molecular weight excluding hydrogens is 304 g/mol. The number of carbonyl (C=O) groups is 1. The lowest BCUT2D eigenvalue weighted by atomic mass is 10.0. The van der Waals surface area contributed by atoms with Gasteiger partial charge in [0, 0.05) is 6.54 Å². The molecule has 0 aliphatic heterocycles. The second-order valence-corrected chi connectivity index (χ2v) is 7.56. The molecule has 0 aromatic heterocycles. The Balaban J connectivity index is 2.69. The van der Waals surface area contributed by atoms with Gasteiger partial charge in [-0.15, -0.1) is 0 Å². The molecule has 2 atom stereocenters. The van der Waals surface area contributed by atoms with Gasteiger partial charge in [-0.2, -0.15) is 0 Å². The number of rotatable bonds is 8. The minimum absolute atomic E-state index is 0.415. The van der Waals surface area contributed by atoms with Gasteiger partial charge in [0.1, 0.15) is 5.60 Å². The van der Waals surface area contributed by atoms with Gasteiger partial charge < -0.3 is 20.5 Å². The number of carbonyl (C=O) groups excluding carboxylic acids is 1. The van der Waals surface area contributed by atoms with E-state index in [0.717, 1.165) is 12.1 Å². The highest BCUT2D eigenvalue weighted by atomic mass is 16.6. The number of aliphatic hydroxyl groups is 1. The average molecular weight is 336 g/mol. The van der Waals surface area contributed by atoms with Crippen molar-refractivity contribution < 1.29 is 14.6 Å². The zero-order valence-corrected chi connectivity index (χ0v) is 15.5. The molecule has 0 heterocycles. The third kappa shape index (κ3) is 8.89. The summed E-state index contributed by atoms with van der Waals surface area (Å²) in [4.78, 5) is 12.1. The summed E-state index contributed by atoms with van der Waals surface area (Å²) in [7, 11) is 0. The Hall–Kier alpha value is -1.59. The number of benzene rings is 1. The van der Waals surface area contributed by atoms with Gasteiger partial charge in [0.15, 0.2) is 0 Å². The molecule has 0 radical (unpaired) electrons. The molecule has 0 aliphatic rings. The van der Waals surface area contributed by atoms with E-state index in [4.69, 9.17) is 4.74 Å². The van der Waals surface area contributed by atoms with Gasteiger partial charge in [-0.25, -0.2) is 4.79 Å². The zero-order valence-electron chi connectivity index (χ0n) is 15.5. The van der Waals surface area contributed by atoms with E-state index in [1.807, 2.05) is 51.1 Å². The fourth-order valence-corrected chi connectivity index (χ4v) is 2.27. The minimum atomic E-state index is -0.698. The highest BCUT2D eigenvalue weighted by Gasteiger charge is 2.24. The molecule has 1 aromatic rings. The molecule has 0 spiro atoms. The van der Waals surface area contributed by atoms with Crippen LogP contribution in [0.1, 0.15) is 40.2 Å². The summed E-state index contributed by atoms with van der Waals surface area (Å²) < 4.78 is 5.32. The summed E-state index contributed by atoms with van der Waals surface area (Å²) in [5.41, 5.74) is 0.490. The molecule has 0 bridgehead atoms. The average Bonchev–Trinajstić information content (AvgIpc) is 2.45. The van der Waals surface area contributed by atoms with Crippen molar-refractivity contribution in [2.24, 2.45) is 5.92 Å². The lowest BCUT2D eigenvalue weighted by Crippen LogP contribution is -2.50. The van der Waals surface area contributed by atoms with Crippen LogP contribution in [0.2, 0.25) is 0 Å². The summed E-state index contributed by atoms with van der Waals surface area (Å²) in [6, 6.07) is 9.39. The third-order valence-electron chi connectivity index (χ3n) is 3.37. The van der Waals surface area contributed by atoms with E-state index in [1.54, 1.807) is 0 Å². The third-order valence-corrected chi connectivity index (χ3v) is 3.37. The monoisotopic (exact) mass is 336 g/mol. The van der Waals surface area contributed by atoms with E-state index >= 15 is 0 Å². The Kier molecular flexibility index (Phi) is 8.22. The van der Waals surface area contributed by atoms with Gasteiger partial charge in [0.25, 0.3) is 0 Å². The molecule has 24 heavy (non-hydrogen) atoms. The van der Waals surface area contributed by atoms with E-state index in [9.17, 15) is 9.90 Å². The maximum absolute atomic E-state index is 12.1. The highest BCUT2D eigenvalue weighted by Crippen LogP contribution is 2.10. The van der Waals surface area contributed by atoms with Crippen LogP contribution in [0.4, 0.5) is 4.79 Å². The highest BCUT2D eigenvalue weighted by molar-refractivity contribution is 5.68. The lowest BCUT2D eigenvalue weighted by molar-refractivity contribution is 0.0422. The molecule has 1 amide bonds. The number of hydrogen-bond donors (Lipinski definition) is 3. The van der Waals surface area contributed by atoms with Crippen molar-refractivity contribution in [1.82, 2.24) is 10.6 Å². The number of nitrogens with one attached hydrogen (secondary N) is 2.